The van der Waals surface area contributed by atoms with Crippen LogP contribution in [0, 0.1) is 0 Å². The van der Waals surface area contributed by atoms with Gasteiger partial charge in [0, 0.05) is 11.5 Å². The summed E-state index contributed by atoms with van der Waals surface area (Å²) in [5.74, 6) is -0.978. The van der Waals surface area contributed by atoms with E-state index in [4.69, 9.17) is 20.3 Å². The largest absolute Gasteiger partial charge is 0.493 e. The molecule has 1 aliphatic rings. The van der Waals surface area contributed by atoms with Crippen molar-refractivity contribution in [2.45, 2.75) is 44.8 Å². The number of carbonyl (C=O) groups is 2. The van der Waals surface area contributed by atoms with Gasteiger partial charge in [-0.15, -0.1) is 0 Å². The number of esters is 1. The molecule has 0 spiro atoms. The lowest BCUT2D eigenvalue weighted by atomic mass is 9.94. The Morgan fingerprint density at radius 3 is 2.73 bits per heavy atom. The zero-order chi connectivity index (χ0) is 16.5. The molecule has 0 saturated heterocycles. The molecule has 1 aliphatic heterocycles. The van der Waals surface area contributed by atoms with Crippen LogP contribution >= 0.6 is 0 Å². The molecule has 0 aliphatic carbocycles. The molecule has 0 aromatic heterocycles. The minimum Gasteiger partial charge on any atom is -0.493 e. The molecule has 0 fully saturated rings. The van der Waals surface area contributed by atoms with Gasteiger partial charge in [-0.2, -0.15) is 0 Å². The van der Waals surface area contributed by atoms with Gasteiger partial charge in [0.2, 0.25) is 0 Å². The SMILES string of the molecule is CC(C)(C)OC(=O)C(N)c1ccc2c(c1)C(CC(=O)O)CO2. The summed E-state index contributed by atoms with van der Waals surface area (Å²) in [6, 6.07) is 4.26. The number of carboxylic acids is 1. The Balaban J connectivity index is 2.20. The number of fused-ring (bicyclic) bond motifs is 1. The van der Waals surface area contributed by atoms with Crippen molar-refractivity contribution in [3.05, 3.63) is 29.3 Å². The minimum absolute atomic E-state index is 0.0157. The number of carbonyl (C=O) groups excluding carboxylic acids is 1. The fourth-order valence-corrected chi connectivity index (χ4v) is 2.37. The number of benzene rings is 1. The van der Waals surface area contributed by atoms with Crippen LogP contribution in [-0.2, 0) is 14.3 Å². The molecule has 22 heavy (non-hydrogen) atoms. The van der Waals surface area contributed by atoms with E-state index in [9.17, 15) is 9.59 Å². The van der Waals surface area contributed by atoms with Crippen LogP contribution in [0.4, 0.5) is 0 Å². The number of carboxylic acid groups (broad SMARTS) is 1. The predicted molar refractivity (Wildman–Crippen MR) is 79.7 cm³/mol. The summed E-state index contributed by atoms with van der Waals surface area (Å²) < 4.78 is 10.7. The summed E-state index contributed by atoms with van der Waals surface area (Å²) in [6.45, 7) is 5.65. The van der Waals surface area contributed by atoms with E-state index in [1.807, 2.05) is 0 Å². The zero-order valence-corrected chi connectivity index (χ0v) is 13.0. The molecule has 0 radical (unpaired) electrons. The first-order valence-electron chi connectivity index (χ1n) is 7.14. The maximum Gasteiger partial charge on any atom is 0.328 e. The highest BCUT2D eigenvalue weighted by atomic mass is 16.6. The number of ether oxygens (including phenoxy) is 2. The van der Waals surface area contributed by atoms with E-state index in [1.54, 1.807) is 39.0 Å². The first kappa shape index (κ1) is 16.3. The van der Waals surface area contributed by atoms with Crippen LogP contribution in [0.1, 0.15) is 50.3 Å². The summed E-state index contributed by atoms with van der Waals surface area (Å²) in [7, 11) is 0. The Morgan fingerprint density at radius 1 is 1.45 bits per heavy atom. The lowest BCUT2D eigenvalue weighted by Gasteiger charge is -2.22. The molecule has 6 heteroatoms. The smallest absolute Gasteiger partial charge is 0.328 e. The van der Waals surface area contributed by atoms with Gasteiger partial charge in [0.25, 0.3) is 0 Å². The number of aliphatic carboxylic acids is 1. The van der Waals surface area contributed by atoms with Crippen molar-refractivity contribution in [1.82, 2.24) is 0 Å². The van der Waals surface area contributed by atoms with Crippen LogP contribution in [0.3, 0.4) is 0 Å². The Kier molecular flexibility index (Phi) is 4.42. The Labute approximate surface area is 129 Å². The van der Waals surface area contributed by atoms with E-state index in [2.05, 4.69) is 0 Å². The van der Waals surface area contributed by atoms with E-state index in [-0.39, 0.29) is 12.3 Å². The van der Waals surface area contributed by atoms with Gasteiger partial charge in [0.15, 0.2) is 0 Å². The van der Waals surface area contributed by atoms with Crippen LogP contribution in [0.25, 0.3) is 0 Å². The first-order chi connectivity index (χ1) is 10.2. The lowest BCUT2D eigenvalue weighted by molar-refractivity contribution is -0.156. The summed E-state index contributed by atoms with van der Waals surface area (Å²) in [6.07, 6.45) is -0.0157. The van der Waals surface area contributed by atoms with Gasteiger partial charge in [0.1, 0.15) is 17.4 Å². The van der Waals surface area contributed by atoms with Gasteiger partial charge in [0.05, 0.1) is 13.0 Å². The third kappa shape index (κ3) is 3.76. The van der Waals surface area contributed by atoms with Crippen molar-refractivity contribution in [1.29, 1.82) is 0 Å². The fraction of sp³-hybridized carbons (Fsp3) is 0.500. The van der Waals surface area contributed by atoms with Crippen molar-refractivity contribution in [3.8, 4) is 5.75 Å². The molecule has 6 nitrogen and oxygen atoms in total. The molecular formula is C16H21NO5. The molecule has 1 aromatic carbocycles. The van der Waals surface area contributed by atoms with Crippen molar-refractivity contribution >= 4 is 11.9 Å². The second-order valence-corrected chi connectivity index (χ2v) is 6.41. The molecule has 0 saturated carbocycles. The van der Waals surface area contributed by atoms with E-state index in [1.165, 1.54) is 0 Å². The number of nitrogens with two attached hydrogens (primary N) is 1. The van der Waals surface area contributed by atoms with Crippen molar-refractivity contribution < 1.29 is 24.2 Å². The maximum absolute atomic E-state index is 12.0. The van der Waals surface area contributed by atoms with Crippen LogP contribution < -0.4 is 10.5 Å². The molecule has 2 unspecified atom stereocenters. The van der Waals surface area contributed by atoms with Gasteiger partial charge in [-0.25, -0.2) is 4.79 Å². The van der Waals surface area contributed by atoms with Gasteiger partial charge in [-0.1, -0.05) is 6.07 Å². The van der Waals surface area contributed by atoms with Crippen LogP contribution in [0.15, 0.2) is 18.2 Å². The number of hydrogen-bond acceptors (Lipinski definition) is 5. The van der Waals surface area contributed by atoms with Crippen LogP contribution in [-0.4, -0.2) is 29.3 Å². The molecular weight excluding hydrogens is 286 g/mol. The summed E-state index contributed by atoms with van der Waals surface area (Å²) in [5, 5.41) is 8.94. The van der Waals surface area contributed by atoms with E-state index in [0.717, 1.165) is 5.56 Å². The average molecular weight is 307 g/mol. The van der Waals surface area contributed by atoms with E-state index < -0.39 is 23.6 Å². The quantitative estimate of drug-likeness (QED) is 0.825. The van der Waals surface area contributed by atoms with Gasteiger partial charge >= 0.3 is 11.9 Å². The average Bonchev–Trinajstić information content (AvgIpc) is 2.77. The van der Waals surface area contributed by atoms with Gasteiger partial charge < -0.3 is 20.3 Å². The molecule has 0 bridgehead atoms. The van der Waals surface area contributed by atoms with Gasteiger partial charge in [-0.3, -0.25) is 4.79 Å². The molecule has 120 valence electrons. The normalized spacial score (nSPS) is 18.3. The van der Waals surface area contributed by atoms with Crippen molar-refractivity contribution in [2.24, 2.45) is 5.73 Å². The van der Waals surface area contributed by atoms with Gasteiger partial charge in [-0.05, 0) is 38.5 Å². The van der Waals surface area contributed by atoms with Crippen LogP contribution in [0.5, 0.6) is 5.75 Å². The number of rotatable bonds is 4. The molecule has 1 aromatic rings. The highest BCUT2D eigenvalue weighted by molar-refractivity contribution is 5.78. The molecule has 2 rings (SSSR count). The third-order valence-electron chi connectivity index (χ3n) is 3.35. The predicted octanol–water partition coefficient (Wildman–Crippen LogP) is 1.98. The summed E-state index contributed by atoms with van der Waals surface area (Å²) >= 11 is 0. The zero-order valence-electron chi connectivity index (χ0n) is 13.0. The Morgan fingerprint density at radius 2 is 2.14 bits per heavy atom. The van der Waals surface area contributed by atoms with E-state index in [0.29, 0.717) is 17.9 Å². The van der Waals surface area contributed by atoms with Crippen molar-refractivity contribution in [2.75, 3.05) is 6.61 Å². The Hall–Kier alpha value is -2.08. The summed E-state index contributed by atoms with van der Waals surface area (Å²) in [5.41, 5.74) is 6.71. The third-order valence-corrected chi connectivity index (χ3v) is 3.35. The second kappa shape index (κ2) is 5.96. The first-order valence-corrected chi connectivity index (χ1v) is 7.14. The highest BCUT2D eigenvalue weighted by Crippen LogP contribution is 2.37. The topological polar surface area (TPSA) is 98.9 Å². The standard InChI is InChI=1S/C16H21NO5/c1-16(2,3)22-15(20)14(17)9-4-5-12-11(6-9)10(8-21-12)7-13(18)19/h4-6,10,14H,7-8,17H2,1-3H3,(H,18,19). The molecule has 3 N–H and O–H groups in total. The summed E-state index contributed by atoms with van der Waals surface area (Å²) in [4.78, 5) is 22.9. The van der Waals surface area contributed by atoms with E-state index >= 15 is 0 Å². The molecule has 1 heterocycles. The molecule has 0 amide bonds. The second-order valence-electron chi connectivity index (χ2n) is 6.41. The fourth-order valence-electron chi connectivity index (χ4n) is 2.37. The minimum atomic E-state index is -0.907. The molecule has 2 atom stereocenters. The van der Waals surface area contributed by atoms with Crippen molar-refractivity contribution in [3.63, 3.8) is 0 Å². The van der Waals surface area contributed by atoms with Crippen LogP contribution in [0.2, 0.25) is 0 Å². The highest BCUT2D eigenvalue weighted by Gasteiger charge is 2.29. The lowest BCUT2D eigenvalue weighted by Crippen LogP contribution is -2.31. The Bertz CT molecular complexity index is 591. The maximum atomic E-state index is 12.0. The monoisotopic (exact) mass is 307 g/mol. The number of hydrogen-bond donors (Lipinski definition) is 2.